The van der Waals surface area contributed by atoms with Crippen molar-refractivity contribution in [1.82, 2.24) is 9.97 Å². The summed E-state index contributed by atoms with van der Waals surface area (Å²) in [6.07, 6.45) is 6.17. The molecule has 5 nitrogen and oxygen atoms in total. The smallest absolute Gasteiger partial charge is 0.225 e. The molecule has 0 spiro atoms. The normalized spacial score (nSPS) is 18.8. The number of hydrogen-bond acceptors (Lipinski definition) is 6. The van der Waals surface area contributed by atoms with E-state index in [0.29, 0.717) is 25.0 Å². The fourth-order valence-electron chi connectivity index (χ4n) is 3.49. The Labute approximate surface area is 178 Å². The van der Waals surface area contributed by atoms with Gasteiger partial charge in [-0.2, -0.15) is 0 Å². The van der Waals surface area contributed by atoms with Gasteiger partial charge in [-0.05, 0) is 24.5 Å². The minimum absolute atomic E-state index is 0.0320. The van der Waals surface area contributed by atoms with Gasteiger partial charge in [0, 0.05) is 42.7 Å². The van der Waals surface area contributed by atoms with Gasteiger partial charge in [0.15, 0.2) is 16.7 Å². The molecule has 1 aromatic heterocycles. The number of ether oxygens (including phenoxy) is 1. The lowest BCUT2D eigenvalue weighted by molar-refractivity contribution is -0.109. The van der Waals surface area contributed by atoms with Crippen molar-refractivity contribution in [2.24, 2.45) is 0 Å². The number of carbonyl (C=O) groups is 1. The van der Waals surface area contributed by atoms with E-state index >= 15 is 0 Å². The van der Waals surface area contributed by atoms with Crippen LogP contribution in [0, 0.1) is 17.5 Å². The van der Waals surface area contributed by atoms with Crippen LogP contribution in [0.4, 0.5) is 19.1 Å². The zero-order valence-electron chi connectivity index (χ0n) is 16.9. The highest BCUT2D eigenvalue weighted by Crippen LogP contribution is 2.31. The van der Waals surface area contributed by atoms with Crippen LogP contribution in [-0.4, -0.2) is 39.5 Å². The van der Waals surface area contributed by atoms with Crippen molar-refractivity contribution < 1.29 is 22.7 Å². The maximum atomic E-state index is 13.8. The molecule has 2 heterocycles. The molecule has 1 aromatic carbocycles. The summed E-state index contributed by atoms with van der Waals surface area (Å²) in [7, 11) is 0. The van der Waals surface area contributed by atoms with Gasteiger partial charge in [-0.25, -0.2) is 23.1 Å². The molecule has 1 aliphatic rings. The SMILES string of the molecule is CCCc1cnc(N2C[C@H](SC(C)=O)C[C@H]2COCc2cc(F)c(F)cc2F)nc1. The zero-order valence-corrected chi connectivity index (χ0v) is 17.7. The van der Waals surface area contributed by atoms with Gasteiger partial charge in [0.25, 0.3) is 0 Å². The Balaban J connectivity index is 1.68. The molecule has 1 saturated heterocycles. The molecule has 0 radical (unpaired) electrons. The number of aromatic nitrogens is 2. The van der Waals surface area contributed by atoms with Gasteiger partial charge in [0.05, 0.1) is 19.3 Å². The third-order valence-electron chi connectivity index (χ3n) is 4.85. The Morgan fingerprint density at radius 3 is 2.57 bits per heavy atom. The Morgan fingerprint density at radius 2 is 1.90 bits per heavy atom. The first-order valence-electron chi connectivity index (χ1n) is 9.83. The monoisotopic (exact) mass is 439 g/mol. The quantitative estimate of drug-likeness (QED) is 0.572. The van der Waals surface area contributed by atoms with Crippen LogP contribution < -0.4 is 4.90 Å². The van der Waals surface area contributed by atoms with Crippen molar-refractivity contribution in [3.63, 3.8) is 0 Å². The number of halogens is 3. The molecule has 0 N–H and O–H groups in total. The third-order valence-corrected chi connectivity index (χ3v) is 5.86. The predicted octanol–water partition coefficient (Wildman–Crippen LogP) is 4.29. The molecule has 0 bridgehead atoms. The highest BCUT2D eigenvalue weighted by Gasteiger charge is 2.35. The lowest BCUT2D eigenvalue weighted by Gasteiger charge is -2.24. The Bertz CT molecular complexity index is 883. The van der Waals surface area contributed by atoms with E-state index in [1.807, 2.05) is 4.90 Å². The van der Waals surface area contributed by atoms with Crippen molar-refractivity contribution >= 4 is 22.8 Å². The van der Waals surface area contributed by atoms with Crippen molar-refractivity contribution in [3.8, 4) is 0 Å². The number of carbonyl (C=O) groups excluding carboxylic acids is 1. The molecule has 0 unspecified atom stereocenters. The number of aryl methyl sites for hydroxylation is 1. The number of rotatable bonds is 8. The summed E-state index contributed by atoms with van der Waals surface area (Å²) in [5.41, 5.74) is 1.00. The van der Waals surface area contributed by atoms with E-state index in [1.165, 1.54) is 18.7 Å². The molecule has 30 heavy (non-hydrogen) atoms. The first kappa shape index (κ1) is 22.6. The molecule has 0 saturated carbocycles. The summed E-state index contributed by atoms with van der Waals surface area (Å²) in [5.74, 6) is -2.65. The van der Waals surface area contributed by atoms with Crippen molar-refractivity contribution in [2.75, 3.05) is 18.1 Å². The van der Waals surface area contributed by atoms with Crippen LogP contribution in [-0.2, 0) is 22.6 Å². The number of nitrogens with zero attached hydrogens (tertiary/aromatic N) is 3. The van der Waals surface area contributed by atoms with Crippen LogP contribution >= 0.6 is 11.8 Å². The number of anilines is 1. The fourth-order valence-corrected chi connectivity index (χ4v) is 4.51. The van der Waals surface area contributed by atoms with Gasteiger partial charge >= 0.3 is 0 Å². The molecule has 162 valence electrons. The Kier molecular flexibility index (Phi) is 7.71. The van der Waals surface area contributed by atoms with E-state index < -0.39 is 17.5 Å². The lowest BCUT2D eigenvalue weighted by Crippen LogP contribution is -2.34. The van der Waals surface area contributed by atoms with E-state index in [9.17, 15) is 18.0 Å². The number of hydrogen-bond donors (Lipinski definition) is 0. The highest BCUT2D eigenvalue weighted by atomic mass is 32.2. The lowest BCUT2D eigenvalue weighted by atomic mass is 10.2. The van der Waals surface area contributed by atoms with Crippen molar-refractivity contribution in [2.45, 2.75) is 51.0 Å². The van der Waals surface area contributed by atoms with E-state index in [2.05, 4.69) is 16.9 Å². The molecular formula is C21H24F3N3O2S. The summed E-state index contributed by atoms with van der Waals surface area (Å²) >= 11 is 1.27. The molecule has 1 fully saturated rings. The first-order valence-corrected chi connectivity index (χ1v) is 10.7. The van der Waals surface area contributed by atoms with Gasteiger partial charge in [-0.1, -0.05) is 25.1 Å². The zero-order chi connectivity index (χ0) is 21.7. The van der Waals surface area contributed by atoms with Gasteiger partial charge in [-0.15, -0.1) is 0 Å². The minimum Gasteiger partial charge on any atom is -0.375 e. The van der Waals surface area contributed by atoms with Crippen LogP contribution in [0.15, 0.2) is 24.5 Å². The van der Waals surface area contributed by atoms with Crippen molar-refractivity contribution in [3.05, 3.63) is 53.1 Å². The maximum absolute atomic E-state index is 13.8. The van der Waals surface area contributed by atoms with Crippen LogP contribution in [0.1, 0.15) is 37.8 Å². The minimum atomic E-state index is -1.23. The molecule has 2 aromatic rings. The van der Waals surface area contributed by atoms with Crippen molar-refractivity contribution in [1.29, 1.82) is 0 Å². The fraction of sp³-hybridized carbons (Fsp3) is 0.476. The van der Waals surface area contributed by atoms with E-state index in [4.69, 9.17) is 4.74 Å². The average molecular weight is 440 g/mol. The summed E-state index contributed by atoms with van der Waals surface area (Å²) in [4.78, 5) is 22.4. The molecular weight excluding hydrogens is 415 g/mol. The van der Waals surface area contributed by atoms with E-state index in [0.717, 1.165) is 24.5 Å². The van der Waals surface area contributed by atoms with E-state index in [1.54, 1.807) is 12.4 Å². The van der Waals surface area contributed by atoms with Gasteiger partial charge in [-0.3, -0.25) is 4.79 Å². The summed E-state index contributed by atoms with van der Waals surface area (Å²) in [5, 5.41) is 0.0969. The molecule has 1 aliphatic heterocycles. The Morgan fingerprint density at radius 1 is 1.20 bits per heavy atom. The third kappa shape index (κ3) is 5.72. The predicted molar refractivity (Wildman–Crippen MR) is 110 cm³/mol. The Hall–Kier alpha value is -2.13. The average Bonchev–Trinajstić information content (AvgIpc) is 3.08. The second-order valence-electron chi connectivity index (χ2n) is 7.29. The number of thioether (sulfide) groups is 1. The second-order valence-corrected chi connectivity index (χ2v) is 8.76. The summed E-state index contributed by atoms with van der Waals surface area (Å²) in [6, 6.07) is 1.20. The summed E-state index contributed by atoms with van der Waals surface area (Å²) in [6.45, 7) is 4.23. The largest absolute Gasteiger partial charge is 0.375 e. The van der Waals surface area contributed by atoms with Gasteiger partial charge in [0.1, 0.15) is 5.82 Å². The second kappa shape index (κ2) is 10.3. The van der Waals surface area contributed by atoms with Crippen LogP contribution in [0.5, 0.6) is 0 Å². The molecule has 9 heteroatoms. The molecule has 2 atom stereocenters. The van der Waals surface area contributed by atoms with Crippen LogP contribution in [0.25, 0.3) is 0 Å². The number of benzene rings is 1. The first-order chi connectivity index (χ1) is 14.4. The standard InChI is InChI=1S/C21H24F3N3O2S/c1-3-4-14-8-25-21(26-9-14)27-10-17(30-13(2)28)6-16(27)12-29-11-15-5-19(23)20(24)7-18(15)22/h5,7-9,16-17H,3-4,6,10-12H2,1-2H3/t16-,17+/m0/s1. The van der Waals surface area contributed by atoms with E-state index in [-0.39, 0.29) is 35.2 Å². The summed E-state index contributed by atoms with van der Waals surface area (Å²) < 4.78 is 45.9. The van der Waals surface area contributed by atoms with Gasteiger partial charge < -0.3 is 9.64 Å². The van der Waals surface area contributed by atoms with Gasteiger partial charge in [0.2, 0.25) is 5.95 Å². The highest BCUT2D eigenvalue weighted by molar-refractivity contribution is 8.14. The maximum Gasteiger partial charge on any atom is 0.225 e. The molecule has 0 amide bonds. The molecule has 3 rings (SSSR count). The van der Waals surface area contributed by atoms with Crippen LogP contribution in [0.2, 0.25) is 0 Å². The van der Waals surface area contributed by atoms with Crippen LogP contribution in [0.3, 0.4) is 0 Å². The topological polar surface area (TPSA) is 55.3 Å². The molecule has 0 aliphatic carbocycles.